The number of rotatable bonds is 8. The number of para-hydroxylation sites is 1. The van der Waals surface area contributed by atoms with Crippen molar-refractivity contribution >= 4 is 27.9 Å². The molecule has 31 heavy (non-hydrogen) atoms. The summed E-state index contributed by atoms with van der Waals surface area (Å²) in [4.78, 5) is 13.0. The van der Waals surface area contributed by atoms with Crippen LogP contribution in [0.1, 0.15) is 39.5 Å². The van der Waals surface area contributed by atoms with E-state index in [2.05, 4.69) is 6.92 Å². The maximum Gasteiger partial charge on any atom is 0.341 e. The van der Waals surface area contributed by atoms with Gasteiger partial charge in [-0.2, -0.15) is 10.6 Å². The summed E-state index contributed by atoms with van der Waals surface area (Å²) >= 11 is 0. The van der Waals surface area contributed by atoms with Crippen molar-refractivity contribution in [1.29, 1.82) is 0 Å². The van der Waals surface area contributed by atoms with Crippen LogP contribution in [0.25, 0.3) is 0 Å². The highest BCUT2D eigenvalue weighted by Crippen LogP contribution is 2.61. The van der Waals surface area contributed by atoms with E-state index < -0.39 is 29.0 Å². The Bertz CT molecular complexity index is 924. The average molecular weight is 452 g/mol. The van der Waals surface area contributed by atoms with Crippen LogP contribution < -0.4 is 9.64 Å². The van der Waals surface area contributed by atoms with Crippen LogP contribution in [0.5, 0.6) is 5.75 Å². The van der Waals surface area contributed by atoms with Gasteiger partial charge in [-0.3, -0.25) is 9.11 Å². The van der Waals surface area contributed by atoms with E-state index in [0.29, 0.717) is 12.2 Å². The third kappa shape index (κ3) is 5.14. The maximum atomic E-state index is 14.9. The minimum Gasteiger partial charge on any atom is -0.479 e. The number of hydrogen-bond donors (Lipinski definition) is 3. The molecule has 0 fully saturated rings. The lowest BCUT2D eigenvalue weighted by Crippen LogP contribution is -2.37. The molecule has 1 aliphatic heterocycles. The number of hydrogen-bond acceptors (Lipinski definition) is 5. The first-order chi connectivity index (χ1) is 14.7. The number of aliphatic carboxylic acids is 1. The normalized spacial score (nSPS) is 21.1. The summed E-state index contributed by atoms with van der Waals surface area (Å²) in [5.74, 6) is -2.12. The van der Waals surface area contributed by atoms with E-state index in [0.717, 1.165) is 31.4 Å². The number of carbonyl (C=O) groups is 1. The molecule has 0 radical (unpaired) electrons. The minimum absolute atomic E-state index is 0.164. The van der Waals surface area contributed by atoms with E-state index in [1.165, 1.54) is 12.1 Å². The zero-order chi connectivity index (χ0) is 22.6. The highest BCUT2D eigenvalue weighted by molar-refractivity contribution is 8.24. The van der Waals surface area contributed by atoms with Gasteiger partial charge in [0.25, 0.3) is 0 Å². The smallest absolute Gasteiger partial charge is 0.341 e. The summed E-state index contributed by atoms with van der Waals surface area (Å²) in [7, 11) is -3.28. The van der Waals surface area contributed by atoms with Gasteiger partial charge in [-0.15, -0.1) is 0 Å². The Morgan fingerprint density at radius 2 is 1.94 bits per heavy atom. The fraction of sp³-hybridized carbons (Fsp3) is 0.435. The lowest BCUT2D eigenvalue weighted by Gasteiger charge is -2.41. The van der Waals surface area contributed by atoms with E-state index in [9.17, 15) is 18.3 Å². The number of halogens is 1. The van der Waals surface area contributed by atoms with Crippen LogP contribution in [0.4, 0.5) is 15.8 Å². The van der Waals surface area contributed by atoms with E-state index in [-0.39, 0.29) is 21.8 Å². The van der Waals surface area contributed by atoms with Crippen LogP contribution in [0, 0.1) is 11.2 Å². The van der Waals surface area contributed by atoms with Crippen LogP contribution in [0.15, 0.2) is 47.4 Å². The molecular formula is C23H30FNO5S. The molecule has 0 saturated heterocycles. The summed E-state index contributed by atoms with van der Waals surface area (Å²) in [6, 6.07) is 12.0. The van der Waals surface area contributed by atoms with Crippen molar-refractivity contribution in [2.45, 2.75) is 44.4 Å². The number of nitrogens with zero attached hydrogens (tertiary/aromatic N) is 1. The molecule has 0 aliphatic carbocycles. The number of fused-ring (bicyclic) bond motifs is 1. The van der Waals surface area contributed by atoms with E-state index in [4.69, 9.17) is 9.84 Å². The minimum atomic E-state index is -3.28. The van der Waals surface area contributed by atoms with Crippen LogP contribution in [0.3, 0.4) is 0 Å². The van der Waals surface area contributed by atoms with Gasteiger partial charge in [0, 0.05) is 35.5 Å². The number of benzene rings is 2. The Labute approximate surface area is 184 Å². The number of carboxylic acid groups (broad SMARTS) is 1. The first-order valence-electron chi connectivity index (χ1n) is 10.5. The molecule has 0 bridgehead atoms. The molecule has 8 heteroatoms. The second kappa shape index (κ2) is 9.46. The monoisotopic (exact) mass is 451 g/mol. The van der Waals surface area contributed by atoms with Gasteiger partial charge in [0.15, 0.2) is 18.2 Å². The summed E-state index contributed by atoms with van der Waals surface area (Å²) in [5.41, 5.74) is 0.828. The van der Waals surface area contributed by atoms with Gasteiger partial charge in [-0.25, -0.2) is 9.18 Å². The van der Waals surface area contributed by atoms with Crippen molar-refractivity contribution in [3.63, 3.8) is 0 Å². The molecule has 170 valence electrons. The summed E-state index contributed by atoms with van der Waals surface area (Å²) in [6.07, 6.45) is 3.49. The van der Waals surface area contributed by atoms with Crippen molar-refractivity contribution in [2.24, 2.45) is 5.41 Å². The van der Waals surface area contributed by atoms with Crippen molar-refractivity contribution in [3.8, 4) is 5.75 Å². The molecule has 1 heterocycles. The van der Waals surface area contributed by atoms with Gasteiger partial charge >= 0.3 is 5.97 Å². The first-order valence-corrected chi connectivity index (χ1v) is 12.2. The molecule has 1 aliphatic rings. The van der Waals surface area contributed by atoms with Crippen LogP contribution in [-0.2, 0) is 4.79 Å². The fourth-order valence-corrected chi connectivity index (χ4v) is 6.40. The topological polar surface area (TPSA) is 90.2 Å². The SMILES string of the molecule is CCCCC1(CC)CN(c2ccccc2)c2cc(F)c(OCC(=O)O)cc2S(O)(O)C1. The van der Waals surface area contributed by atoms with Gasteiger partial charge in [0.1, 0.15) is 0 Å². The highest BCUT2D eigenvalue weighted by atomic mass is 32.3. The van der Waals surface area contributed by atoms with Crippen molar-refractivity contribution < 1.29 is 28.1 Å². The molecule has 2 aromatic rings. The first kappa shape index (κ1) is 23.4. The quantitative estimate of drug-likeness (QED) is 0.447. The Hall–Kier alpha value is -2.29. The van der Waals surface area contributed by atoms with Gasteiger partial charge in [0.2, 0.25) is 0 Å². The second-order valence-electron chi connectivity index (χ2n) is 8.12. The van der Waals surface area contributed by atoms with Gasteiger partial charge in [-0.1, -0.05) is 44.9 Å². The molecule has 2 aromatic carbocycles. The zero-order valence-electron chi connectivity index (χ0n) is 17.9. The van der Waals surface area contributed by atoms with Crippen molar-refractivity contribution in [2.75, 3.05) is 23.8 Å². The lowest BCUT2D eigenvalue weighted by atomic mass is 9.81. The van der Waals surface area contributed by atoms with E-state index >= 15 is 0 Å². The number of ether oxygens (including phenoxy) is 1. The Morgan fingerprint density at radius 1 is 1.23 bits per heavy atom. The Morgan fingerprint density at radius 3 is 2.55 bits per heavy atom. The second-order valence-corrected chi connectivity index (χ2v) is 10.2. The van der Waals surface area contributed by atoms with Gasteiger partial charge in [0.05, 0.1) is 10.6 Å². The Balaban J connectivity index is 2.17. The third-order valence-electron chi connectivity index (χ3n) is 5.89. The van der Waals surface area contributed by atoms with Gasteiger partial charge in [-0.05, 0) is 25.0 Å². The fourth-order valence-electron chi connectivity index (χ4n) is 4.15. The number of unbranched alkanes of at least 4 members (excludes halogenated alkanes) is 1. The van der Waals surface area contributed by atoms with Crippen molar-refractivity contribution in [3.05, 3.63) is 48.3 Å². The average Bonchev–Trinajstić information content (AvgIpc) is 2.83. The lowest BCUT2D eigenvalue weighted by molar-refractivity contribution is -0.139. The predicted molar refractivity (Wildman–Crippen MR) is 121 cm³/mol. The van der Waals surface area contributed by atoms with Crippen LogP contribution >= 0.6 is 10.6 Å². The summed E-state index contributed by atoms with van der Waals surface area (Å²) in [5, 5.41) is 8.88. The molecule has 1 unspecified atom stereocenters. The molecule has 0 aromatic heterocycles. The van der Waals surface area contributed by atoms with Crippen molar-refractivity contribution in [1.82, 2.24) is 0 Å². The molecule has 3 N–H and O–H groups in total. The number of anilines is 2. The predicted octanol–water partition coefficient (Wildman–Crippen LogP) is 6.14. The molecular weight excluding hydrogens is 421 g/mol. The van der Waals surface area contributed by atoms with Crippen LogP contribution in [-0.4, -0.2) is 39.1 Å². The molecule has 0 spiro atoms. The van der Waals surface area contributed by atoms with Crippen LogP contribution in [0.2, 0.25) is 0 Å². The Kier molecular flexibility index (Phi) is 7.13. The van der Waals surface area contributed by atoms with E-state index in [1.54, 1.807) is 0 Å². The molecule has 3 rings (SSSR count). The molecule has 0 amide bonds. The molecule has 0 saturated carbocycles. The highest BCUT2D eigenvalue weighted by Gasteiger charge is 2.42. The maximum absolute atomic E-state index is 14.9. The standard InChI is InChI=1S/C23H30FNO5S/c1-3-5-11-23(4-2)15-25(17-9-7-6-8-10-17)19-12-18(24)20(30-14-22(26)27)13-21(19)31(28,29)16-23/h6-10,12-13,28-29H,3-5,11,14-16H2,1-2H3,(H,26,27). The largest absolute Gasteiger partial charge is 0.479 e. The molecule has 1 atom stereocenters. The number of carboxylic acids is 1. The molecule has 6 nitrogen and oxygen atoms in total. The third-order valence-corrected chi connectivity index (χ3v) is 7.93. The summed E-state index contributed by atoms with van der Waals surface area (Å²) in [6.45, 7) is 3.95. The van der Waals surface area contributed by atoms with Gasteiger partial charge < -0.3 is 14.7 Å². The zero-order valence-corrected chi connectivity index (χ0v) is 18.7. The summed E-state index contributed by atoms with van der Waals surface area (Å²) < 4.78 is 42.5. The van der Waals surface area contributed by atoms with E-state index in [1.807, 2.05) is 42.2 Å².